The van der Waals surface area contributed by atoms with Crippen molar-refractivity contribution in [3.8, 4) is 0 Å². The van der Waals surface area contributed by atoms with Gasteiger partial charge in [0.2, 0.25) is 5.91 Å². The summed E-state index contributed by atoms with van der Waals surface area (Å²) in [6.45, 7) is 2.65. The quantitative estimate of drug-likeness (QED) is 0.730. The second-order valence-electron chi connectivity index (χ2n) is 9.50. The van der Waals surface area contributed by atoms with Crippen LogP contribution in [0.3, 0.4) is 0 Å². The number of rotatable bonds is 5. The second kappa shape index (κ2) is 9.84. The molecule has 1 N–H and O–H groups in total. The number of para-hydroxylation sites is 1. The Hall–Kier alpha value is -2.37. The van der Waals surface area contributed by atoms with Gasteiger partial charge in [0.15, 0.2) is 6.61 Å². The number of nitrogens with one attached hydrogen (secondary N) is 1. The number of ether oxygens (including phenoxy) is 1. The number of nitrogens with zero attached hydrogens (tertiary/aromatic N) is 1. The summed E-state index contributed by atoms with van der Waals surface area (Å²) >= 11 is 0. The predicted molar refractivity (Wildman–Crippen MR) is 118 cm³/mol. The van der Waals surface area contributed by atoms with Crippen LogP contribution in [0.5, 0.6) is 0 Å². The summed E-state index contributed by atoms with van der Waals surface area (Å²) in [7, 11) is 0. The van der Waals surface area contributed by atoms with E-state index in [1.54, 1.807) is 0 Å². The van der Waals surface area contributed by atoms with E-state index in [-0.39, 0.29) is 30.4 Å². The van der Waals surface area contributed by atoms with E-state index in [9.17, 15) is 14.4 Å². The van der Waals surface area contributed by atoms with Crippen molar-refractivity contribution in [2.75, 3.05) is 18.1 Å². The lowest BCUT2D eigenvalue weighted by Gasteiger charge is -2.32. The Morgan fingerprint density at radius 2 is 1.71 bits per heavy atom. The molecule has 2 amide bonds. The first-order valence-corrected chi connectivity index (χ1v) is 11.9. The van der Waals surface area contributed by atoms with Gasteiger partial charge in [0.05, 0.1) is 11.8 Å². The second-order valence-corrected chi connectivity index (χ2v) is 9.50. The molecule has 0 saturated heterocycles. The van der Waals surface area contributed by atoms with Gasteiger partial charge >= 0.3 is 5.97 Å². The molecule has 0 spiro atoms. The van der Waals surface area contributed by atoms with E-state index in [2.05, 4.69) is 18.3 Å². The van der Waals surface area contributed by atoms with E-state index in [1.165, 1.54) is 5.56 Å². The van der Waals surface area contributed by atoms with Crippen molar-refractivity contribution in [3.63, 3.8) is 0 Å². The first-order chi connectivity index (χ1) is 15.0. The minimum Gasteiger partial charge on any atom is -0.455 e. The van der Waals surface area contributed by atoms with E-state index in [0.717, 1.165) is 50.6 Å². The minimum absolute atomic E-state index is 0.0207. The number of hydrogen-bond acceptors (Lipinski definition) is 4. The molecule has 1 aliphatic heterocycles. The molecule has 2 atom stereocenters. The van der Waals surface area contributed by atoms with Crippen LogP contribution in [0.4, 0.5) is 5.69 Å². The van der Waals surface area contributed by atoms with Gasteiger partial charge < -0.3 is 15.0 Å². The van der Waals surface area contributed by atoms with E-state index in [1.807, 2.05) is 23.1 Å². The highest BCUT2D eigenvalue weighted by molar-refractivity contribution is 5.99. The number of esters is 1. The Morgan fingerprint density at radius 3 is 2.48 bits per heavy atom. The highest BCUT2D eigenvalue weighted by Gasteiger charge is 2.40. The smallest absolute Gasteiger partial charge is 0.310 e. The van der Waals surface area contributed by atoms with Gasteiger partial charge in [-0.3, -0.25) is 14.4 Å². The standard InChI is InChI=1S/C25H34N2O4/c1-17-10-12-19(13-11-17)26-23(28)16-31-25(30)21-8-4-3-7-20(21)24(29)27-15-14-18-6-2-5-9-22(18)27/h2,5-6,9,17,19-21H,3-4,7-8,10-16H2,1H3,(H,26,28)/t17?,19?,20-,21+/m0/s1. The first kappa shape index (κ1) is 21.8. The Balaban J connectivity index is 1.32. The molecule has 0 unspecified atom stereocenters. The molecule has 0 aromatic heterocycles. The van der Waals surface area contributed by atoms with Crippen molar-refractivity contribution < 1.29 is 19.1 Å². The van der Waals surface area contributed by atoms with Crippen molar-refractivity contribution in [1.29, 1.82) is 0 Å². The van der Waals surface area contributed by atoms with Crippen molar-refractivity contribution in [2.45, 2.75) is 70.8 Å². The maximum absolute atomic E-state index is 13.3. The minimum atomic E-state index is -0.461. The molecule has 3 aliphatic rings. The van der Waals surface area contributed by atoms with Gasteiger partial charge in [-0.05, 0) is 62.5 Å². The third kappa shape index (κ3) is 5.10. The van der Waals surface area contributed by atoms with Crippen molar-refractivity contribution in [3.05, 3.63) is 29.8 Å². The average molecular weight is 427 g/mol. The molecule has 2 aliphatic carbocycles. The summed E-state index contributed by atoms with van der Waals surface area (Å²) in [5, 5.41) is 3.00. The zero-order valence-electron chi connectivity index (χ0n) is 18.5. The van der Waals surface area contributed by atoms with Crippen LogP contribution in [-0.2, 0) is 25.5 Å². The summed E-state index contributed by atoms with van der Waals surface area (Å²) in [5.74, 6) is -0.729. The summed E-state index contributed by atoms with van der Waals surface area (Å²) in [6.07, 6.45) is 8.25. The molecule has 4 rings (SSSR count). The van der Waals surface area contributed by atoms with Gasteiger partial charge in [-0.15, -0.1) is 0 Å². The van der Waals surface area contributed by atoms with Crippen molar-refractivity contribution in [1.82, 2.24) is 5.32 Å². The maximum atomic E-state index is 13.3. The number of anilines is 1. The Kier molecular flexibility index (Phi) is 6.93. The lowest BCUT2D eigenvalue weighted by atomic mass is 9.78. The normalized spacial score (nSPS) is 28.0. The molecule has 0 radical (unpaired) electrons. The molecule has 6 heteroatoms. The molecular formula is C25H34N2O4. The monoisotopic (exact) mass is 426 g/mol. The van der Waals surface area contributed by atoms with Gasteiger partial charge in [0.25, 0.3) is 5.91 Å². The van der Waals surface area contributed by atoms with E-state index < -0.39 is 11.9 Å². The molecular weight excluding hydrogens is 392 g/mol. The molecule has 0 bridgehead atoms. The van der Waals surface area contributed by atoms with Gasteiger partial charge in [-0.25, -0.2) is 0 Å². The summed E-state index contributed by atoms with van der Waals surface area (Å²) < 4.78 is 5.40. The number of carbonyl (C=O) groups excluding carboxylic acids is 3. The summed E-state index contributed by atoms with van der Waals surface area (Å²) in [5.41, 5.74) is 2.14. The van der Waals surface area contributed by atoms with Crippen molar-refractivity contribution in [2.24, 2.45) is 17.8 Å². The first-order valence-electron chi connectivity index (χ1n) is 11.9. The molecule has 1 aromatic carbocycles. The van der Waals surface area contributed by atoms with Crippen LogP contribution < -0.4 is 10.2 Å². The molecule has 6 nitrogen and oxygen atoms in total. The zero-order valence-corrected chi connectivity index (χ0v) is 18.5. The number of benzene rings is 1. The van der Waals surface area contributed by atoms with Crippen LogP contribution in [0.25, 0.3) is 0 Å². The van der Waals surface area contributed by atoms with Crippen LogP contribution in [0, 0.1) is 17.8 Å². The van der Waals surface area contributed by atoms with Crippen LogP contribution >= 0.6 is 0 Å². The topological polar surface area (TPSA) is 75.7 Å². The average Bonchev–Trinajstić information content (AvgIpc) is 3.23. The lowest BCUT2D eigenvalue weighted by molar-refractivity contribution is -0.157. The molecule has 168 valence electrons. The van der Waals surface area contributed by atoms with Gasteiger partial charge in [0, 0.05) is 18.3 Å². The lowest BCUT2D eigenvalue weighted by Crippen LogP contribution is -2.43. The molecule has 1 aromatic rings. The van der Waals surface area contributed by atoms with Crippen LogP contribution in [-0.4, -0.2) is 37.0 Å². The Morgan fingerprint density at radius 1 is 1.00 bits per heavy atom. The molecule has 2 fully saturated rings. The highest BCUT2D eigenvalue weighted by Crippen LogP contribution is 2.36. The maximum Gasteiger partial charge on any atom is 0.310 e. The van der Waals surface area contributed by atoms with Crippen LogP contribution in [0.15, 0.2) is 24.3 Å². The van der Waals surface area contributed by atoms with Crippen molar-refractivity contribution >= 4 is 23.5 Å². The Labute approximate surface area is 184 Å². The third-order valence-corrected chi connectivity index (χ3v) is 7.27. The number of hydrogen-bond donors (Lipinski definition) is 1. The van der Waals surface area contributed by atoms with E-state index >= 15 is 0 Å². The van der Waals surface area contributed by atoms with Gasteiger partial charge in [-0.2, -0.15) is 0 Å². The summed E-state index contributed by atoms with van der Waals surface area (Å²) in [6, 6.07) is 8.16. The molecule has 31 heavy (non-hydrogen) atoms. The fourth-order valence-corrected chi connectivity index (χ4v) is 5.39. The fourth-order valence-electron chi connectivity index (χ4n) is 5.39. The highest BCUT2D eigenvalue weighted by atomic mass is 16.5. The van der Waals surface area contributed by atoms with Crippen LogP contribution in [0.1, 0.15) is 63.9 Å². The summed E-state index contributed by atoms with van der Waals surface area (Å²) in [4.78, 5) is 40.3. The molecule has 1 heterocycles. The van der Waals surface area contributed by atoms with Gasteiger partial charge in [0.1, 0.15) is 0 Å². The number of fused-ring (bicyclic) bond motifs is 1. The van der Waals surface area contributed by atoms with E-state index in [0.29, 0.717) is 25.3 Å². The Bertz CT molecular complexity index is 815. The number of carbonyl (C=O) groups is 3. The van der Waals surface area contributed by atoms with Gasteiger partial charge in [-0.1, -0.05) is 38.0 Å². The third-order valence-electron chi connectivity index (χ3n) is 7.27. The van der Waals surface area contributed by atoms with E-state index in [4.69, 9.17) is 4.74 Å². The van der Waals surface area contributed by atoms with Crippen LogP contribution in [0.2, 0.25) is 0 Å². The fraction of sp³-hybridized carbons (Fsp3) is 0.640. The largest absolute Gasteiger partial charge is 0.455 e. The number of amides is 2. The molecule has 2 saturated carbocycles. The SMILES string of the molecule is CC1CCC(NC(=O)COC(=O)[C@@H]2CCCC[C@@H]2C(=O)N2CCc3ccccc32)CC1. The predicted octanol–water partition coefficient (Wildman–Crippen LogP) is 3.62. The zero-order chi connectivity index (χ0) is 21.8.